The van der Waals surface area contributed by atoms with Crippen molar-refractivity contribution in [1.82, 2.24) is 9.21 Å². The zero-order valence-electron chi connectivity index (χ0n) is 13.9. The summed E-state index contributed by atoms with van der Waals surface area (Å²) in [4.78, 5) is 9.49. The molecule has 24 heavy (non-hydrogen) atoms. The average molecular weight is 348 g/mol. The van der Waals surface area contributed by atoms with Crippen LogP contribution in [0, 0.1) is 0 Å². The zero-order valence-corrected chi connectivity index (χ0v) is 14.7. The van der Waals surface area contributed by atoms with Crippen molar-refractivity contribution in [3.63, 3.8) is 0 Å². The van der Waals surface area contributed by atoms with Crippen molar-refractivity contribution in [3.8, 4) is 0 Å². The van der Waals surface area contributed by atoms with Crippen molar-refractivity contribution in [2.24, 2.45) is 4.99 Å². The van der Waals surface area contributed by atoms with Crippen molar-refractivity contribution < 1.29 is 8.42 Å². The fraction of sp³-hybridized carbons (Fsp3) is 0.588. The van der Waals surface area contributed by atoms with E-state index < -0.39 is 10.0 Å². The van der Waals surface area contributed by atoms with Crippen LogP contribution in [0.2, 0.25) is 0 Å². The first-order valence-corrected chi connectivity index (χ1v) is 10.3. The quantitative estimate of drug-likeness (QED) is 0.832. The second-order valence-corrected chi connectivity index (χ2v) is 8.46. The summed E-state index contributed by atoms with van der Waals surface area (Å²) in [6.45, 7) is 5.26. The standard InChI is InChI=1S/C17H24N4O2S/c22-24(23)16-8-3-2-7-15(16)20(17-18-9-14-21(17)24)13-6-12-19-10-4-1-5-11-19/h2-3,7-8H,1,4-6,9-14H2. The summed E-state index contributed by atoms with van der Waals surface area (Å²) in [6, 6.07) is 7.29. The van der Waals surface area contributed by atoms with Gasteiger partial charge in [-0.3, -0.25) is 0 Å². The van der Waals surface area contributed by atoms with E-state index >= 15 is 0 Å². The highest BCUT2D eigenvalue weighted by atomic mass is 32.2. The van der Waals surface area contributed by atoms with Crippen molar-refractivity contribution in [1.29, 1.82) is 0 Å². The largest absolute Gasteiger partial charge is 0.310 e. The van der Waals surface area contributed by atoms with E-state index in [1.165, 1.54) is 36.7 Å². The summed E-state index contributed by atoms with van der Waals surface area (Å²) in [7, 11) is -3.45. The Hall–Kier alpha value is -1.60. The highest BCUT2D eigenvalue weighted by Gasteiger charge is 2.41. The number of piperidine rings is 1. The molecule has 0 aliphatic carbocycles. The molecule has 0 N–H and O–H groups in total. The molecule has 1 saturated heterocycles. The molecule has 0 aromatic heterocycles. The molecule has 4 rings (SSSR count). The fourth-order valence-electron chi connectivity index (χ4n) is 3.85. The van der Waals surface area contributed by atoms with Crippen molar-refractivity contribution in [3.05, 3.63) is 24.3 Å². The second kappa shape index (κ2) is 6.37. The number of fused-ring (bicyclic) bond motifs is 2. The van der Waals surface area contributed by atoms with E-state index in [0.717, 1.165) is 25.2 Å². The maximum absolute atomic E-state index is 12.8. The molecule has 3 aliphatic heterocycles. The van der Waals surface area contributed by atoms with Crippen LogP contribution >= 0.6 is 0 Å². The van der Waals surface area contributed by atoms with Crippen LogP contribution in [-0.2, 0) is 10.0 Å². The first-order valence-electron chi connectivity index (χ1n) is 8.84. The number of guanidine groups is 1. The van der Waals surface area contributed by atoms with Crippen molar-refractivity contribution >= 4 is 21.7 Å². The Morgan fingerprint density at radius 1 is 1.00 bits per heavy atom. The van der Waals surface area contributed by atoms with Crippen LogP contribution < -0.4 is 4.90 Å². The summed E-state index contributed by atoms with van der Waals surface area (Å²) in [5.74, 6) is 0.604. The van der Waals surface area contributed by atoms with Crippen LogP contribution in [0.3, 0.4) is 0 Å². The van der Waals surface area contributed by atoms with E-state index in [2.05, 4.69) is 14.8 Å². The van der Waals surface area contributed by atoms with Crippen LogP contribution in [0.4, 0.5) is 5.69 Å². The highest BCUT2D eigenvalue weighted by molar-refractivity contribution is 7.90. The number of hydrogen-bond donors (Lipinski definition) is 0. The number of likely N-dealkylation sites (tertiary alicyclic amines) is 1. The SMILES string of the molecule is O=S1(=O)c2ccccc2N(CCCN2CCCCC2)C2=NCCN21. The van der Waals surface area contributed by atoms with E-state index in [1.54, 1.807) is 12.1 Å². The molecule has 7 heteroatoms. The molecule has 0 unspecified atom stereocenters. The lowest BCUT2D eigenvalue weighted by molar-refractivity contribution is 0.227. The van der Waals surface area contributed by atoms with Gasteiger partial charge in [0.05, 0.1) is 18.8 Å². The van der Waals surface area contributed by atoms with Gasteiger partial charge in [-0.15, -0.1) is 0 Å². The Labute approximate surface area is 143 Å². The third kappa shape index (κ3) is 2.69. The average Bonchev–Trinajstić information content (AvgIpc) is 3.10. The maximum Gasteiger partial charge on any atom is 0.268 e. The van der Waals surface area contributed by atoms with E-state index in [1.807, 2.05) is 12.1 Å². The predicted octanol–water partition coefficient (Wildman–Crippen LogP) is 1.74. The van der Waals surface area contributed by atoms with Crippen LogP contribution in [0.5, 0.6) is 0 Å². The van der Waals surface area contributed by atoms with Gasteiger partial charge in [0.1, 0.15) is 4.90 Å². The molecule has 0 amide bonds. The molecule has 1 aromatic rings. The molecule has 0 radical (unpaired) electrons. The third-order valence-electron chi connectivity index (χ3n) is 5.05. The summed E-state index contributed by atoms with van der Waals surface area (Å²) in [5.41, 5.74) is 0.771. The molecule has 130 valence electrons. The lowest BCUT2D eigenvalue weighted by Crippen LogP contribution is -2.50. The zero-order chi connectivity index (χ0) is 16.6. The number of rotatable bonds is 4. The van der Waals surface area contributed by atoms with Crippen LogP contribution in [0.15, 0.2) is 34.2 Å². The van der Waals surface area contributed by atoms with E-state index in [-0.39, 0.29) is 0 Å². The van der Waals surface area contributed by atoms with E-state index in [9.17, 15) is 8.42 Å². The Kier molecular flexibility index (Phi) is 4.22. The van der Waals surface area contributed by atoms with Gasteiger partial charge in [0, 0.05) is 6.54 Å². The lowest BCUT2D eigenvalue weighted by Gasteiger charge is -2.37. The molecule has 0 spiro atoms. The van der Waals surface area contributed by atoms with Gasteiger partial charge in [0.25, 0.3) is 10.0 Å². The minimum atomic E-state index is -3.45. The van der Waals surface area contributed by atoms with Gasteiger partial charge in [-0.25, -0.2) is 17.7 Å². The minimum absolute atomic E-state index is 0.406. The molecule has 0 bridgehead atoms. The van der Waals surface area contributed by atoms with Crippen LogP contribution in [-0.4, -0.2) is 62.9 Å². The number of benzene rings is 1. The van der Waals surface area contributed by atoms with Gasteiger partial charge in [-0.05, 0) is 51.0 Å². The Morgan fingerprint density at radius 2 is 1.79 bits per heavy atom. The smallest absolute Gasteiger partial charge is 0.268 e. The minimum Gasteiger partial charge on any atom is -0.310 e. The highest BCUT2D eigenvalue weighted by Crippen LogP contribution is 2.35. The number of sulfonamides is 1. The molecular weight excluding hydrogens is 324 g/mol. The summed E-state index contributed by atoms with van der Waals surface area (Å²) in [5, 5.41) is 0. The first-order chi connectivity index (χ1) is 11.7. The Morgan fingerprint density at radius 3 is 2.62 bits per heavy atom. The summed E-state index contributed by atoms with van der Waals surface area (Å²) >= 11 is 0. The molecular formula is C17H24N4O2S. The number of aliphatic imine (C=N–C) groups is 1. The maximum atomic E-state index is 12.8. The Bertz CT molecular complexity index is 741. The second-order valence-electron chi connectivity index (χ2n) is 6.63. The van der Waals surface area contributed by atoms with Crippen LogP contribution in [0.25, 0.3) is 0 Å². The number of anilines is 1. The molecule has 6 nitrogen and oxygen atoms in total. The molecule has 0 atom stereocenters. The van der Waals surface area contributed by atoms with Gasteiger partial charge < -0.3 is 9.80 Å². The number of hydrogen-bond acceptors (Lipinski definition) is 5. The predicted molar refractivity (Wildman–Crippen MR) is 94.9 cm³/mol. The summed E-state index contributed by atoms with van der Waals surface area (Å²) < 4.78 is 27.0. The van der Waals surface area contributed by atoms with E-state index in [4.69, 9.17) is 0 Å². The van der Waals surface area contributed by atoms with Gasteiger partial charge in [-0.1, -0.05) is 18.6 Å². The fourth-order valence-corrected chi connectivity index (χ4v) is 5.47. The molecule has 3 aliphatic rings. The Balaban J connectivity index is 1.55. The molecule has 1 aromatic carbocycles. The molecule has 0 saturated carbocycles. The normalized spacial score (nSPS) is 22.9. The number of para-hydroxylation sites is 1. The van der Waals surface area contributed by atoms with Gasteiger partial charge in [0.15, 0.2) is 0 Å². The van der Waals surface area contributed by atoms with Gasteiger partial charge >= 0.3 is 0 Å². The molecule has 3 heterocycles. The summed E-state index contributed by atoms with van der Waals surface area (Å²) in [6.07, 6.45) is 4.96. The number of nitrogens with zero attached hydrogens (tertiary/aromatic N) is 4. The van der Waals surface area contributed by atoms with Gasteiger partial charge in [-0.2, -0.15) is 0 Å². The first kappa shape index (κ1) is 15.9. The monoisotopic (exact) mass is 348 g/mol. The topological polar surface area (TPSA) is 56.2 Å². The van der Waals surface area contributed by atoms with Crippen molar-refractivity contribution in [2.45, 2.75) is 30.6 Å². The van der Waals surface area contributed by atoms with Gasteiger partial charge in [0.2, 0.25) is 5.96 Å². The molecule has 1 fully saturated rings. The third-order valence-corrected chi connectivity index (χ3v) is 6.88. The lowest BCUT2D eigenvalue weighted by atomic mass is 10.1. The van der Waals surface area contributed by atoms with E-state index in [0.29, 0.717) is 23.9 Å². The van der Waals surface area contributed by atoms with Crippen LogP contribution in [0.1, 0.15) is 25.7 Å². The van der Waals surface area contributed by atoms with Crippen molar-refractivity contribution in [2.75, 3.05) is 44.2 Å².